The summed E-state index contributed by atoms with van der Waals surface area (Å²) in [4.78, 5) is 0. The number of hydrogen-bond acceptors (Lipinski definition) is 1. The molecule has 0 atom stereocenters. The fraction of sp³-hybridized carbons (Fsp3) is 1.00. The van der Waals surface area contributed by atoms with Gasteiger partial charge in [-0.05, 0) is 14.1 Å². The second-order valence-electron chi connectivity index (χ2n) is 1.21. The van der Waals surface area contributed by atoms with Gasteiger partial charge in [-0.1, -0.05) is 20.3 Å². The monoisotopic (exact) mass is 93.1 g/mol. The van der Waals surface area contributed by atoms with Crippen LogP contribution in [0.1, 0.15) is 21.7 Å². The Labute approximate surface area is 42.2 Å². The zero-order valence-corrected chi connectivity index (χ0v) is 5.21. The minimum atomic E-state index is 0. The number of nitrogens with one attached hydrogen (secondary N) is 1. The van der Waals surface area contributed by atoms with E-state index >= 15 is 0 Å². The van der Waals surface area contributed by atoms with Gasteiger partial charge in [0.05, 0.1) is 0 Å². The molecular formula is C5H17N. The van der Waals surface area contributed by atoms with Crippen molar-refractivity contribution in [3.8, 4) is 0 Å². The van der Waals surface area contributed by atoms with Crippen molar-refractivity contribution < 1.29 is 1.43 Å². The lowest BCUT2D eigenvalue weighted by molar-refractivity contribution is 1.02. The topological polar surface area (TPSA) is 12.0 Å². The Kier molecular flexibility index (Phi) is 31.6. The van der Waals surface area contributed by atoms with E-state index in [0.717, 1.165) is 0 Å². The van der Waals surface area contributed by atoms with Gasteiger partial charge in [0, 0.05) is 1.43 Å². The second kappa shape index (κ2) is 20.2. The Morgan fingerprint density at radius 2 is 1.33 bits per heavy atom. The molecule has 0 rings (SSSR count). The zero-order chi connectivity index (χ0) is 5.41. The maximum Gasteiger partial charge on any atom is 0 e. The van der Waals surface area contributed by atoms with Crippen molar-refractivity contribution in [2.75, 3.05) is 14.1 Å². The molecule has 0 spiro atoms. The van der Waals surface area contributed by atoms with Gasteiger partial charge in [0.1, 0.15) is 0 Å². The van der Waals surface area contributed by atoms with Gasteiger partial charge in [0.2, 0.25) is 0 Å². The largest absolute Gasteiger partial charge is 0.323 e. The fourth-order valence-corrected chi connectivity index (χ4v) is 0. The quantitative estimate of drug-likeness (QED) is 0.478. The number of rotatable bonds is 0. The molecule has 0 saturated carbocycles. The third-order valence-corrected chi connectivity index (χ3v) is 0. The highest BCUT2D eigenvalue weighted by molar-refractivity contribution is 3.92. The third-order valence-electron chi connectivity index (χ3n) is 0. The second-order valence-corrected chi connectivity index (χ2v) is 1.21. The molecular weight excluding hydrogens is 74.1 g/mol. The Morgan fingerprint density at radius 1 is 1.33 bits per heavy atom. The van der Waals surface area contributed by atoms with Crippen LogP contribution in [0, 0.1) is 0 Å². The lowest BCUT2D eigenvalue weighted by Gasteiger charge is -1.59. The summed E-state index contributed by atoms with van der Waals surface area (Å²) >= 11 is 0. The lowest BCUT2D eigenvalue weighted by Crippen LogP contribution is -1.89. The molecule has 0 aliphatic heterocycles. The summed E-state index contributed by atoms with van der Waals surface area (Å²) in [5.74, 6) is 0. The van der Waals surface area contributed by atoms with Gasteiger partial charge in [-0.15, -0.1) is 0 Å². The van der Waals surface area contributed by atoms with E-state index in [-0.39, 0.29) is 1.43 Å². The van der Waals surface area contributed by atoms with E-state index in [1.807, 2.05) is 14.1 Å². The SMILES string of the molecule is CCC.CNC.[3HH]. The highest BCUT2D eigenvalue weighted by Gasteiger charge is 1.35. The van der Waals surface area contributed by atoms with Crippen LogP contribution in [0.25, 0.3) is 0 Å². The Morgan fingerprint density at radius 3 is 1.33 bits per heavy atom. The minimum absolute atomic E-state index is 0. The molecule has 0 aromatic rings. The van der Waals surface area contributed by atoms with Gasteiger partial charge in [-0.25, -0.2) is 0 Å². The first-order valence-electron chi connectivity index (χ1n) is 2.41. The first-order chi connectivity index (χ1) is 2.83. The van der Waals surface area contributed by atoms with Gasteiger partial charge in [-0.3, -0.25) is 0 Å². The molecule has 0 amide bonds. The normalized spacial score (nSPS) is 6.00. The average molecular weight is 93.2 g/mol. The van der Waals surface area contributed by atoms with Crippen LogP contribution in [-0.2, 0) is 0 Å². The molecule has 0 heterocycles. The Bertz CT molecular complexity index is 10.0. The molecule has 0 fully saturated rings. The fourth-order valence-electron chi connectivity index (χ4n) is 0. The molecule has 0 aromatic heterocycles. The maximum atomic E-state index is 2.75. The molecule has 0 saturated heterocycles. The van der Waals surface area contributed by atoms with Crippen molar-refractivity contribution in [1.82, 2.24) is 5.32 Å². The van der Waals surface area contributed by atoms with E-state index in [2.05, 4.69) is 19.2 Å². The molecule has 0 unspecified atom stereocenters. The standard InChI is InChI=1S/C3H8.C2H7N.H2/c2*1-3-2;/h3H2,1-2H3;3H,1-2H3;1H/i;;1+2. The predicted octanol–water partition coefficient (Wildman–Crippen LogP) is 1.50. The van der Waals surface area contributed by atoms with E-state index in [9.17, 15) is 0 Å². The maximum absolute atomic E-state index is 2.75. The molecule has 1 heteroatoms. The van der Waals surface area contributed by atoms with Crippen molar-refractivity contribution in [2.45, 2.75) is 20.3 Å². The molecule has 42 valence electrons. The van der Waals surface area contributed by atoms with Crippen molar-refractivity contribution in [2.24, 2.45) is 0 Å². The van der Waals surface area contributed by atoms with E-state index in [0.29, 0.717) is 0 Å². The van der Waals surface area contributed by atoms with Crippen molar-refractivity contribution in [3.63, 3.8) is 0 Å². The van der Waals surface area contributed by atoms with Crippen molar-refractivity contribution >= 4 is 0 Å². The van der Waals surface area contributed by atoms with Crippen molar-refractivity contribution in [1.29, 1.82) is 0 Å². The predicted molar refractivity (Wildman–Crippen MR) is 33.1 cm³/mol. The minimum Gasteiger partial charge on any atom is -0.323 e. The van der Waals surface area contributed by atoms with Gasteiger partial charge in [-0.2, -0.15) is 0 Å². The van der Waals surface area contributed by atoms with Crippen LogP contribution < -0.4 is 5.32 Å². The molecule has 1 nitrogen and oxygen atoms in total. The molecule has 0 bridgehead atoms. The van der Waals surface area contributed by atoms with Crippen LogP contribution >= 0.6 is 0 Å². The summed E-state index contributed by atoms with van der Waals surface area (Å²) in [6, 6.07) is 0. The van der Waals surface area contributed by atoms with Gasteiger partial charge < -0.3 is 5.32 Å². The van der Waals surface area contributed by atoms with Crippen LogP contribution in [-0.4, -0.2) is 14.1 Å². The number of hydrogen-bond donors (Lipinski definition) is 1. The molecule has 1 N–H and O–H groups in total. The van der Waals surface area contributed by atoms with Crippen LogP contribution in [0.5, 0.6) is 0 Å². The summed E-state index contributed by atoms with van der Waals surface area (Å²) < 4.78 is 0. The highest BCUT2D eigenvalue weighted by atomic mass is 14.7. The molecule has 0 radical (unpaired) electrons. The molecule has 0 aromatic carbocycles. The first-order valence-corrected chi connectivity index (χ1v) is 2.41. The Hall–Kier alpha value is -0.0400. The van der Waals surface area contributed by atoms with Gasteiger partial charge >= 0.3 is 0 Å². The van der Waals surface area contributed by atoms with E-state index in [1.54, 1.807) is 0 Å². The average Bonchev–Trinajstić information content (AvgIpc) is 1.39. The van der Waals surface area contributed by atoms with Gasteiger partial charge in [0.15, 0.2) is 0 Å². The van der Waals surface area contributed by atoms with Crippen LogP contribution in [0.2, 0.25) is 0 Å². The van der Waals surface area contributed by atoms with E-state index in [1.165, 1.54) is 6.42 Å². The van der Waals surface area contributed by atoms with E-state index in [4.69, 9.17) is 0 Å². The van der Waals surface area contributed by atoms with Crippen LogP contribution in [0.15, 0.2) is 0 Å². The molecule has 6 heavy (non-hydrogen) atoms. The summed E-state index contributed by atoms with van der Waals surface area (Å²) in [5.41, 5.74) is 0. The van der Waals surface area contributed by atoms with Crippen molar-refractivity contribution in [3.05, 3.63) is 0 Å². The molecule has 0 aliphatic carbocycles. The highest BCUT2D eigenvalue weighted by Crippen LogP contribution is 1.56. The first kappa shape index (κ1) is 9.35. The summed E-state index contributed by atoms with van der Waals surface area (Å²) in [6.07, 6.45) is 1.25. The molecule has 0 aliphatic rings. The zero-order valence-electron chi connectivity index (χ0n) is 5.21. The third kappa shape index (κ3) is 21700. The lowest BCUT2D eigenvalue weighted by atomic mass is 10.6. The summed E-state index contributed by atoms with van der Waals surface area (Å²) in [7, 11) is 3.75. The van der Waals surface area contributed by atoms with Crippen LogP contribution in [0.3, 0.4) is 0 Å². The van der Waals surface area contributed by atoms with E-state index < -0.39 is 0 Å². The van der Waals surface area contributed by atoms with Gasteiger partial charge in [0.25, 0.3) is 0 Å². The summed E-state index contributed by atoms with van der Waals surface area (Å²) in [5, 5.41) is 2.75. The Balaban J connectivity index is -0.0000000400. The van der Waals surface area contributed by atoms with Crippen LogP contribution in [0.4, 0.5) is 0 Å². The smallest absolute Gasteiger partial charge is 0 e. The summed E-state index contributed by atoms with van der Waals surface area (Å²) in [6.45, 7) is 4.25.